The number of aromatic nitrogens is 4. The van der Waals surface area contributed by atoms with Crippen LogP contribution in [0, 0.1) is 5.82 Å². The van der Waals surface area contributed by atoms with E-state index in [9.17, 15) is 14.3 Å². The van der Waals surface area contributed by atoms with Crippen LogP contribution in [0.2, 0.25) is 0 Å². The molecular formula is C41H52F2N8O5. The number of hydrogen-bond acceptors (Lipinski definition) is 11. The molecule has 2 fully saturated rings. The lowest BCUT2D eigenvalue weighted by Crippen LogP contribution is -2.43. The molecule has 0 bridgehead atoms. The molecule has 0 spiro atoms. The van der Waals surface area contributed by atoms with Gasteiger partial charge in [0.25, 0.3) is 5.91 Å². The van der Waals surface area contributed by atoms with Gasteiger partial charge in [0.15, 0.2) is 5.69 Å². The maximum absolute atomic E-state index is 15.2. The Morgan fingerprint density at radius 3 is 2.77 bits per heavy atom. The number of amides is 1. The Balaban J connectivity index is 1.10. The van der Waals surface area contributed by atoms with Crippen molar-refractivity contribution < 1.29 is 32.9 Å². The molecule has 0 unspecified atom stereocenters. The lowest BCUT2D eigenvalue weighted by atomic mass is 9.95. The van der Waals surface area contributed by atoms with Gasteiger partial charge in [-0.15, -0.1) is 0 Å². The number of phenols is 1. The molecule has 1 amide bonds. The van der Waals surface area contributed by atoms with Crippen molar-refractivity contribution >= 4 is 28.2 Å². The number of carbonyl (C=O) groups excluding carboxylic acids is 1. The smallest absolute Gasteiger partial charge is 0.318 e. The average Bonchev–Trinajstić information content (AvgIpc) is 3.82. The fourth-order valence-corrected chi connectivity index (χ4v) is 9.13. The second kappa shape index (κ2) is 16.1. The van der Waals surface area contributed by atoms with Gasteiger partial charge in [0.05, 0.1) is 49.8 Å². The van der Waals surface area contributed by atoms with Crippen molar-refractivity contribution in [3.8, 4) is 11.8 Å². The van der Waals surface area contributed by atoms with E-state index < -0.39 is 6.17 Å². The van der Waals surface area contributed by atoms with E-state index in [2.05, 4.69) is 14.7 Å². The van der Waals surface area contributed by atoms with Crippen molar-refractivity contribution in [2.75, 3.05) is 83.1 Å². The summed E-state index contributed by atoms with van der Waals surface area (Å²) in [6, 6.07) is 8.69. The van der Waals surface area contributed by atoms with Gasteiger partial charge in [0.1, 0.15) is 30.2 Å². The number of hydrogen-bond donors (Lipinski definition) is 1. The fourth-order valence-electron chi connectivity index (χ4n) is 9.13. The number of fused-ring (bicyclic) bond motifs is 4. The highest BCUT2D eigenvalue weighted by atomic mass is 19.1. The molecule has 2 aromatic heterocycles. The predicted molar refractivity (Wildman–Crippen MR) is 208 cm³/mol. The number of alkyl halides is 1. The third kappa shape index (κ3) is 7.48. The van der Waals surface area contributed by atoms with Gasteiger partial charge < -0.3 is 34.0 Å². The number of methoxy groups -OCH3 is 1. The van der Waals surface area contributed by atoms with Crippen molar-refractivity contribution in [1.29, 1.82) is 0 Å². The topological polar surface area (TPSA) is 122 Å². The zero-order valence-electron chi connectivity index (χ0n) is 32.6. The maximum atomic E-state index is 15.2. The number of rotatable bonds is 13. The molecule has 4 aliphatic rings. The lowest BCUT2D eigenvalue weighted by molar-refractivity contribution is 0.0528. The Hall–Kier alpha value is -4.60. The molecule has 0 aliphatic carbocycles. The minimum absolute atomic E-state index is 0.114. The van der Waals surface area contributed by atoms with Gasteiger partial charge in [-0.1, -0.05) is 13.0 Å². The number of nitrogens with zero attached hydrogens (tertiary/aromatic N) is 8. The molecule has 2 atom stereocenters. The van der Waals surface area contributed by atoms with Crippen LogP contribution in [-0.2, 0) is 41.9 Å². The highest BCUT2D eigenvalue weighted by Gasteiger charge is 2.49. The Bertz CT molecular complexity index is 2080. The van der Waals surface area contributed by atoms with Crippen LogP contribution in [0.3, 0.4) is 0 Å². The van der Waals surface area contributed by atoms with Gasteiger partial charge >= 0.3 is 6.01 Å². The number of ether oxygens (including phenoxy) is 3. The van der Waals surface area contributed by atoms with E-state index >= 15 is 4.39 Å². The molecule has 300 valence electrons. The Kier molecular flexibility index (Phi) is 11.0. The number of halogens is 2. The monoisotopic (exact) mass is 774 g/mol. The normalized spacial score (nSPS) is 20.9. The molecule has 0 saturated carbocycles. The molecule has 4 aliphatic heterocycles. The van der Waals surface area contributed by atoms with Crippen LogP contribution < -0.4 is 14.5 Å². The van der Waals surface area contributed by atoms with Crippen LogP contribution in [0.4, 0.5) is 20.3 Å². The van der Waals surface area contributed by atoms with Gasteiger partial charge in [-0.3, -0.25) is 14.4 Å². The summed E-state index contributed by atoms with van der Waals surface area (Å²) in [5.74, 6) is 0.449. The first-order valence-corrected chi connectivity index (χ1v) is 19.9. The predicted octanol–water partition coefficient (Wildman–Crippen LogP) is 4.90. The molecule has 2 aromatic carbocycles. The highest BCUT2D eigenvalue weighted by Crippen LogP contribution is 2.42. The van der Waals surface area contributed by atoms with Crippen molar-refractivity contribution in [3.05, 3.63) is 64.4 Å². The van der Waals surface area contributed by atoms with E-state index in [1.54, 1.807) is 37.3 Å². The molecule has 0 radical (unpaired) electrons. The van der Waals surface area contributed by atoms with Gasteiger partial charge in [-0.25, -0.2) is 8.78 Å². The Morgan fingerprint density at radius 2 is 1.93 bits per heavy atom. The molecule has 1 N–H and O–H groups in total. The van der Waals surface area contributed by atoms with Crippen molar-refractivity contribution in [3.63, 3.8) is 0 Å². The Labute approximate surface area is 326 Å². The molecule has 4 aromatic rings. The van der Waals surface area contributed by atoms with E-state index in [0.29, 0.717) is 103 Å². The molecule has 2 saturated heterocycles. The summed E-state index contributed by atoms with van der Waals surface area (Å²) in [5.41, 5.74) is 4.08. The molecular weight excluding hydrogens is 722 g/mol. The second-order valence-electron chi connectivity index (χ2n) is 15.6. The summed E-state index contributed by atoms with van der Waals surface area (Å²) in [6.07, 6.45) is 3.32. The van der Waals surface area contributed by atoms with Crippen LogP contribution in [0.5, 0.6) is 11.8 Å². The highest BCUT2D eigenvalue weighted by molar-refractivity contribution is 5.98. The average molecular weight is 775 g/mol. The van der Waals surface area contributed by atoms with Crippen molar-refractivity contribution in [1.82, 2.24) is 29.5 Å². The summed E-state index contributed by atoms with van der Waals surface area (Å²) < 4.78 is 48.9. The SMILES string of the molecule is CCc1c(F)ccc2cc(O)cc(N3CCc4c(nc(OC[C@@]56CCCN5C[C@H](F)C6)nc4N4CCCn5nc(C(=O)N(C)CCOCCOC)cc5C4)C3)c12. The van der Waals surface area contributed by atoms with Crippen LogP contribution in [0.1, 0.15) is 65.6 Å². The Morgan fingerprint density at radius 1 is 1.05 bits per heavy atom. The summed E-state index contributed by atoms with van der Waals surface area (Å²) in [4.78, 5) is 31.7. The number of phenolic OH excluding ortho intramolecular Hbond substituents is 1. The number of anilines is 2. The van der Waals surface area contributed by atoms with Gasteiger partial charge in [0.2, 0.25) is 0 Å². The molecule has 6 heterocycles. The maximum Gasteiger partial charge on any atom is 0.318 e. The molecule has 15 heteroatoms. The minimum Gasteiger partial charge on any atom is -0.508 e. The van der Waals surface area contributed by atoms with Crippen LogP contribution in [0.15, 0.2) is 30.3 Å². The van der Waals surface area contributed by atoms with E-state index in [1.165, 1.54) is 6.07 Å². The molecule has 13 nitrogen and oxygen atoms in total. The summed E-state index contributed by atoms with van der Waals surface area (Å²) in [7, 11) is 3.37. The third-order valence-corrected chi connectivity index (χ3v) is 12.0. The standard InChI is InChI=1S/C41H52F2N8O5/c1-4-31-33(43)8-7-27-19-30(52)21-36(37(27)31)48-14-9-32-35(25-48)44-40(56-26-41-10-5-12-50(41)23-28(42)22-41)45-38(32)49-11-6-13-51-29(24-49)20-34(46-51)39(53)47(2)15-16-55-18-17-54-3/h7-8,19-21,28,52H,4-6,9-18,22-26H2,1-3H3/t28-,41+/m1/s1. The molecule has 56 heavy (non-hydrogen) atoms. The van der Waals surface area contributed by atoms with E-state index in [-0.39, 0.29) is 29.0 Å². The first-order valence-electron chi connectivity index (χ1n) is 19.9. The number of carbonyl (C=O) groups is 1. The summed E-state index contributed by atoms with van der Waals surface area (Å²) in [5, 5.41) is 17.1. The zero-order valence-corrected chi connectivity index (χ0v) is 32.6. The number of benzene rings is 2. The van der Waals surface area contributed by atoms with E-state index in [4.69, 9.17) is 29.3 Å². The summed E-state index contributed by atoms with van der Waals surface area (Å²) >= 11 is 0. The second-order valence-corrected chi connectivity index (χ2v) is 15.6. The number of likely N-dealkylation sites (N-methyl/N-ethyl adjacent to an activating group) is 1. The lowest BCUT2D eigenvalue weighted by Gasteiger charge is -2.35. The number of aromatic hydroxyl groups is 1. The first kappa shape index (κ1) is 38.3. The van der Waals surface area contributed by atoms with Crippen LogP contribution in [-0.4, -0.2) is 126 Å². The van der Waals surface area contributed by atoms with Crippen molar-refractivity contribution in [2.24, 2.45) is 0 Å². The molecule has 8 rings (SSSR count). The van der Waals surface area contributed by atoms with Gasteiger partial charge in [-0.05, 0) is 67.8 Å². The quantitative estimate of drug-likeness (QED) is 0.187. The van der Waals surface area contributed by atoms with Gasteiger partial charge in [-0.2, -0.15) is 15.1 Å². The first-order chi connectivity index (χ1) is 27.2. The van der Waals surface area contributed by atoms with Crippen LogP contribution >= 0.6 is 0 Å². The van der Waals surface area contributed by atoms with Gasteiger partial charge in [0, 0.05) is 76.0 Å². The van der Waals surface area contributed by atoms with Crippen LogP contribution in [0.25, 0.3) is 10.8 Å². The third-order valence-electron chi connectivity index (χ3n) is 12.0. The zero-order chi connectivity index (χ0) is 39.0. The minimum atomic E-state index is -0.879. The number of aryl methyl sites for hydroxylation is 2. The van der Waals surface area contributed by atoms with E-state index in [0.717, 1.165) is 65.0 Å². The van der Waals surface area contributed by atoms with Crippen molar-refractivity contribution in [2.45, 2.75) is 76.8 Å². The largest absolute Gasteiger partial charge is 0.508 e. The summed E-state index contributed by atoms with van der Waals surface area (Å²) in [6.45, 7) is 8.16. The van der Waals surface area contributed by atoms with E-state index in [1.807, 2.05) is 17.7 Å². The fraction of sp³-hybridized carbons (Fsp3) is 0.561.